The van der Waals surface area contributed by atoms with Crippen LogP contribution in [-0.2, 0) is 4.79 Å². The molecular formula is C17H30N2O. The van der Waals surface area contributed by atoms with Crippen molar-refractivity contribution in [3.63, 3.8) is 0 Å². The van der Waals surface area contributed by atoms with Crippen molar-refractivity contribution in [3.05, 3.63) is 0 Å². The lowest BCUT2D eigenvalue weighted by molar-refractivity contribution is -0.134. The normalized spacial score (nSPS) is 37.0. The summed E-state index contributed by atoms with van der Waals surface area (Å²) in [6, 6.07) is 0. The first-order valence-corrected chi connectivity index (χ1v) is 8.73. The second-order valence-electron chi connectivity index (χ2n) is 7.44. The fourth-order valence-electron chi connectivity index (χ4n) is 4.53. The molecule has 2 aliphatic carbocycles. The second-order valence-corrected chi connectivity index (χ2v) is 7.44. The summed E-state index contributed by atoms with van der Waals surface area (Å²) in [4.78, 5) is 15.1. The number of rotatable bonds is 3. The fourth-order valence-corrected chi connectivity index (χ4v) is 4.53. The summed E-state index contributed by atoms with van der Waals surface area (Å²) in [6.45, 7) is 5.56. The van der Waals surface area contributed by atoms with Gasteiger partial charge in [0.1, 0.15) is 0 Å². The van der Waals surface area contributed by atoms with E-state index < -0.39 is 0 Å². The highest BCUT2D eigenvalue weighted by Crippen LogP contribution is 2.38. The Bertz CT molecular complexity index is 354. The van der Waals surface area contributed by atoms with Crippen molar-refractivity contribution in [2.24, 2.45) is 11.8 Å². The third-order valence-electron chi connectivity index (χ3n) is 5.92. The zero-order valence-corrected chi connectivity index (χ0v) is 13.2. The van der Waals surface area contributed by atoms with Crippen LogP contribution < -0.4 is 5.32 Å². The van der Waals surface area contributed by atoms with E-state index in [0.29, 0.717) is 12.1 Å². The van der Waals surface area contributed by atoms with Gasteiger partial charge in [0.25, 0.3) is 0 Å². The predicted molar refractivity (Wildman–Crippen MR) is 81.2 cm³/mol. The SMILES string of the molecule is CCC1NC2(CCCC2)C(=O)N1CC1CCC(C)CC1. The van der Waals surface area contributed by atoms with E-state index in [1.54, 1.807) is 0 Å². The van der Waals surface area contributed by atoms with Gasteiger partial charge in [-0.15, -0.1) is 0 Å². The summed E-state index contributed by atoms with van der Waals surface area (Å²) in [6.07, 6.45) is 11.2. The lowest BCUT2D eigenvalue weighted by atomic mass is 9.82. The lowest BCUT2D eigenvalue weighted by Crippen LogP contribution is -2.44. The van der Waals surface area contributed by atoms with Crippen molar-refractivity contribution in [1.82, 2.24) is 10.2 Å². The van der Waals surface area contributed by atoms with Gasteiger partial charge in [-0.05, 0) is 43.9 Å². The van der Waals surface area contributed by atoms with Crippen LogP contribution in [0.2, 0.25) is 0 Å². The summed E-state index contributed by atoms with van der Waals surface area (Å²) < 4.78 is 0. The maximum absolute atomic E-state index is 12.9. The first-order valence-electron chi connectivity index (χ1n) is 8.73. The highest BCUT2D eigenvalue weighted by atomic mass is 16.2. The first-order chi connectivity index (χ1) is 9.64. The topological polar surface area (TPSA) is 32.3 Å². The first kappa shape index (κ1) is 14.4. The summed E-state index contributed by atoms with van der Waals surface area (Å²) in [5, 5.41) is 3.69. The Morgan fingerprint density at radius 1 is 1.20 bits per heavy atom. The van der Waals surface area contributed by atoms with Crippen LogP contribution in [0.1, 0.15) is 71.6 Å². The molecule has 0 aromatic rings. The van der Waals surface area contributed by atoms with Gasteiger partial charge in [-0.3, -0.25) is 10.1 Å². The standard InChI is InChI=1S/C17H30N2O/c1-3-15-18-17(10-4-5-11-17)16(20)19(15)12-14-8-6-13(2)7-9-14/h13-15,18H,3-12H2,1-2H3. The maximum Gasteiger partial charge on any atom is 0.244 e. The zero-order valence-electron chi connectivity index (χ0n) is 13.2. The van der Waals surface area contributed by atoms with Crippen molar-refractivity contribution in [3.8, 4) is 0 Å². The molecule has 3 nitrogen and oxygen atoms in total. The van der Waals surface area contributed by atoms with Gasteiger partial charge >= 0.3 is 0 Å². The van der Waals surface area contributed by atoms with Gasteiger partial charge in [-0.25, -0.2) is 0 Å². The molecule has 1 spiro atoms. The highest BCUT2D eigenvalue weighted by Gasteiger charge is 2.51. The third kappa shape index (κ3) is 2.49. The Hall–Kier alpha value is -0.570. The molecule has 3 fully saturated rings. The minimum Gasteiger partial charge on any atom is -0.325 e. The number of hydrogen-bond acceptors (Lipinski definition) is 2. The van der Waals surface area contributed by atoms with Crippen LogP contribution in [0.5, 0.6) is 0 Å². The van der Waals surface area contributed by atoms with E-state index >= 15 is 0 Å². The third-order valence-corrected chi connectivity index (χ3v) is 5.92. The molecule has 2 saturated carbocycles. The second kappa shape index (κ2) is 5.67. The van der Waals surface area contributed by atoms with Gasteiger partial charge < -0.3 is 4.90 Å². The largest absolute Gasteiger partial charge is 0.325 e. The summed E-state index contributed by atoms with van der Waals surface area (Å²) >= 11 is 0. The molecule has 3 heteroatoms. The molecule has 3 rings (SSSR count). The van der Waals surface area contributed by atoms with Gasteiger partial charge in [0.05, 0.1) is 11.7 Å². The number of nitrogens with one attached hydrogen (secondary N) is 1. The van der Waals surface area contributed by atoms with Crippen molar-refractivity contribution >= 4 is 5.91 Å². The van der Waals surface area contributed by atoms with Gasteiger partial charge in [-0.1, -0.05) is 39.5 Å². The summed E-state index contributed by atoms with van der Waals surface area (Å²) in [5.41, 5.74) is -0.178. The minimum absolute atomic E-state index is 0.178. The molecule has 1 aliphatic heterocycles. The number of amides is 1. The van der Waals surface area contributed by atoms with E-state index in [4.69, 9.17) is 0 Å². The Morgan fingerprint density at radius 3 is 2.45 bits per heavy atom. The zero-order chi connectivity index (χ0) is 14.2. The Labute approximate surface area is 123 Å². The maximum atomic E-state index is 12.9. The number of carbonyl (C=O) groups excluding carboxylic acids is 1. The summed E-state index contributed by atoms with van der Waals surface area (Å²) in [5.74, 6) is 2.05. The monoisotopic (exact) mass is 278 g/mol. The molecule has 1 saturated heterocycles. The average molecular weight is 278 g/mol. The molecule has 1 unspecified atom stereocenters. The average Bonchev–Trinajstić information content (AvgIpc) is 3.02. The summed E-state index contributed by atoms with van der Waals surface area (Å²) in [7, 11) is 0. The molecule has 1 N–H and O–H groups in total. The smallest absolute Gasteiger partial charge is 0.244 e. The molecule has 114 valence electrons. The van der Waals surface area contributed by atoms with Crippen LogP contribution in [0.4, 0.5) is 0 Å². The molecule has 20 heavy (non-hydrogen) atoms. The van der Waals surface area contributed by atoms with Crippen molar-refractivity contribution in [2.75, 3.05) is 6.54 Å². The number of carbonyl (C=O) groups is 1. The molecule has 1 amide bonds. The molecule has 1 atom stereocenters. The quantitative estimate of drug-likeness (QED) is 0.859. The van der Waals surface area contributed by atoms with E-state index in [2.05, 4.69) is 24.1 Å². The number of hydrogen-bond donors (Lipinski definition) is 1. The van der Waals surface area contributed by atoms with Crippen LogP contribution in [-0.4, -0.2) is 29.1 Å². The minimum atomic E-state index is -0.178. The van der Waals surface area contributed by atoms with Crippen molar-refractivity contribution < 1.29 is 4.79 Å². The van der Waals surface area contributed by atoms with Crippen LogP contribution in [0.3, 0.4) is 0 Å². The predicted octanol–water partition coefficient (Wildman–Crippen LogP) is 3.29. The van der Waals surface area contributed by atoms with Gasteiger partial charge in [0.2, 0.25) is 5.91 Å². The van der Waals surface area contributed by atoms with E-state index in [1.807, 2.05) is 0 Å². The lowest BCUT2D eigenvalue weighted by Gasteiger charge is -2.32. The Morgan fingerprint density at radius 2 is 1.85 bits per heavy atom. The van der Waals surface area contributed by atoms with E-state index in [9.17, 15) is 4.79 Å². The Kier molecular flexibility index (Phi) is 4.07. The van der Waals surface area contributed by atoms with Crippen LogP contribution in [0.25, 0.3) is 0 Å². The van der Waals surface area contributed by atoms with Gasteiger partial charge in [-0.2, -0.15) is 0 Å². The molecule has 1 heterocycles. The molecule has 0 aromatic heterocycles. The molecule has 0 bridgehead atoms. The number of nitrogens with zero attached hydrogens (tertiary/aromatic N) is 1. The van der Waals surface area contributed by atoms with E-state index in [-0.39, 0.29) is 5.54 Å². The molecular weight excluding hydrogens is 248 g/mol. The Balaban J connectivity index is 1.66. The molecule has 3 aliphatic rings. The van der Waals surface area contributed by atoms with Crippen LogP contribution in [0, 0.1) is 11.8 Å². The fraction of sp³-hybridized carbons (Fsp3) is 0.941. The van der Waals surface area contributed by atoms with Crippen LogP contribution in [0.15, 0.2) is 0 Å². The van der Waals surface area contributed by atoms with Crippen molar-refractivity contribution in [2.45, 2.75) is 83.3 Å². The van der Waals surface area contributed by atoms with Gasteiger partial charge in [0.15, 0.2) is 0 Å². The highest BCUT2D eigenvalue weighted by molar-refractivity contribution is 5.89. The van der Waals surface area contributed by atoms with Crippen LogP contribution >= 0.6 is 0 Å². The molecule has 0 radical (unpaired) electrons. The van der Waals surface area contributed by atoms with Crippen molar-refractivity contribution in [1.29, 1.82) is 0 Å². The van der Waals surface area contributed by atoms with Gasteiger partial charge in [0, 0.05) is 6.54 Å². The van der Waals surface area contributed by atoms with E-state index in [0.717, 1.165) is 37.6 Å². The van der Waals surface area contributed by atoms with E-state index in [1.165, 1.54) is 38.5 Å². The molecule has 0 aromatic carbocycles.